The first-order valence-electron chi connectivity index (χ1n) is 4.14. The van der Waals surface area contributed by atoms with Crippen molar-refractivity contribution in [3.63, 3.8) is 0 Å². The molecule has 0 saturated carbocycles. The zero-order chi connectivity index (χ0) is 10.8. The molecule has 0 unspecified atom stereocenters. The number of H-pyrrole nitrogens is 1. The number of halogens is 2. The van der Waals surface area contributed by atoms with Gasteiger partial charge in [-0.15, -0.1) is 0 Å². The van der Waals surface area contributed by atoms with Gasteiger partial charge in [-0.25, -0.2) is 9.18 Å². The molecule has 0 aliphatic carbocycles. The van der Waals surface area contributed by atoms with E-state index in [2.05, 4.69) is 14.7 Å². The minimum absolute atomic E-state index is 0.291. The molecule has 0 fully saturated rings. The van der Waals surface area contributed by atoms with Crippen molar-refractivity contribution in [1.29, 1.82) is 0 Å². The lowest BCUT2D eigenvalue weighted by Gasteiger charge is -2.00. The van der Waals surface area contributed by atoms with E-state index in [0.717, 1.165) is 0 Å². The van der Waals surface area contributed by atoms with Gasteiger partial charge < -0.3 is 0 Å². The predicted molar refractivity (Wildman–Crippen MR) is 51.3 cm³/mol. The minimum Gasteiger partial charge on any atom is -0.296 e. The van der Waals surface area contributed by atoms with Gasteiger partial charge in [0.15, 0.2) is 5.82 Å². The van der Waals surface area contributed by atoms with Crippen molar-refractivity contribution in [3.8, 4) is 0 Å². The van der Waals surface area contributed by atoms with E-state index in [-0.39, 0.29) is 0 Å². The van der Waals surface area contributed by atoms with Gasteiger partial charge in [-0.1, -0.05) is 22.8 Å². The van der Waals surface area contributed by atoms with Gasteiger partial charge in [0.1, 0.15) is 5.82 Å². The number of hydrogen-bond acceptors (Lipinski definition) is 3. The summed E-state index contributed by atoms with van der Waals surface area (Å²) >= 11 is 5.80. The average Bonchev–Trinajstić information content (AvgIpc) is 2.56. The number of aromatic nitrogens is 2. The molecule has 1 aromatic heterocycles. The fourth-order valence-corrected chi connectivity index (χ4v) is 1.42. The lowest BCUT2D eigenvalue weighted by Crippen LogP contribution is -1.98. The molecule has 0 amide bonds. The van der Waals surface area contributed by atoms with Gasteiger partial charge in [-0.2, -0.15) is 0 Å². The van der Waals surface area contributed by atoms with E-state index in [1.807, 2.05) is 0 Å². The molecule has 4 nitrogen and oxygen atoms in total. The van der Waals surface area contributed by atoms with Crippen LogP contribution >= 0.6 is 11.6 Å². The highest BCUT2D eigenvalue weighted by Gasteiger charge is 2.06. The van der Waals surface area contributed by atoms with Crippen LogP contribution < -0.4 is 5.76 Å². The first-order chi connectivity index (χ1) is 7.15. The van der Waals surface area contributed by atoms with Crippen LogP contribution in [-0.4, -0.2) is 10.1 Å². The van der Waals surface area contributed by atoms with Gasteiger partial charge in [0.25, 0.3) is 0 Å². The molecule has 0 spiro atoms. The van der Waals surface area contributed by atoms with E-state index >= 15 is 0 Å². The van der Waals surface area contributed by atoms with Crippen LogP contribution in [0.4, 0.5) is 4.39 Å². The molecule has 0 aliphatic heterocycles. The molecule has 1 aromatic carbocycles. The molecule has 78 valence electrons. The quantitative estimate of drug-likeness (QED) is 0.852. The lowest BCUT2D eigenvalue weighted by atomic mass is 10.1. The number of nitrogens with zero attached hydrogens (tertiary/aromatic N) is 1. The van der Waals surface area contributed by atoms with E-state index in [1.165, 1.54) is 18.2 Å². The highest BCUT2D eigenvalue weighted by atomic mass is 35.5. The smallest absolute Gasteiger partial charge is 0.296 e. The molecule has 6 heteroatoms. The first kappa shape index (κ1) is 9.92. The van der Waals surface area contributed by atoms with E-state index in [4.69, 9.17) is 11.6 Å². The Hall–Kier alpha value is -1.62. The fourth-order valence-electron chi connectivity index (χ4n) is 1.18. The lowest BCUT2D eigenvalue weighted by molar-refractivity contribution is 0.382. The SMILES string of the molecule is O=c1[nH]c(Cc2ccc(F)cc2Cl)no1. The van der Waals surface area contributed by atoms with Gasteiger partial charge in [-0.05, 0) is 17.7 Å². The summed E-state index contributed by atoms with van der Waals surface area (Å²) in [7, 11) is 0. The Morgan fingerprint density at radius 3 is 2.93 bits per heavy atom. The van der Waals surface area contributed by atoms with Gasteiger partial charge in [0, 0.05) is 11.4 Å². The third kappa shape index (κ3) is 2.24. The van der Waals surface area contributed by atoms with E-state index in [9.17, 15) is 9.18 Å². The van der Waals surface area contributed by atoms with E-state index < -0.39 is 11.6 Å². The van der Waals surface area contributed by atoms with Crippen molar-refractivity contribution < 1.29 is 8.91 Å². The monoisotopic (exact) mass is 228 g/mol. The topological polar surface area (TPSA) is 58.9 Å². The number of nitrogens with one attached hydrogen (secondary N) is 1. The molecule has 0 atom stereocenters. The van der Waals surface area contributed by atoms with Crippen LogP contribution in [0.1, 0.15) is 11.4 Å². The zero-order valence-electron chi connectivity index (χ0n) is 7.46. The third-order valence-electron chi connectivity index (χ3n) is 1.86. The number of benzene rings is 1. The van der Waals surface area contributed by atoms with Gasteiger partial charge in [0.05, 0.1) is 0 Å². The second kappa shape index (κ2) is 3.86. The number of hydrogen-bond donors (Lipinski definition) is 1. The highest BCUT2D eigenvalue weighted by Crippen LogP contribution is 2.18. The van der Waals surface area contributed by atoms with Crippen LogP contribution in [0.5, 0.6) is 0 Å². The molecular weight excluding hydrogens is 223 g/mol. The molecule has 0 radical (unpaired) electrons. The maximum absolute atomic E-state index is 12.7. The number of aromatic amines is 1. The Morgan fingerprint density at radius 1 is 1.53 bits per heavy atom. The molecule has 2 aromatic rings. The van der Waals surface area contributed by atoms with Crippen LogP contribution in [0, 0.1) is 5.82 Å². The Balaban J connectivity index is 2.28. The van der Waals surface area contributed by atoms with Crippen LogP contribution in [0.2, 0.25) is 5.02 Å². The maximum Gasteiger partial charge on any atom is 0.438 e. The summed E-state index contributed by atoms with van der Waals surface area (Å²) < 4.78 is 17.0. The molecule has 0 bridgehead atoms. The van der Waals surface area contributed by atoms with Crippen molar-refractivity contribution in [2.45, 2.75) is 6.42 Å². The summed E-state index contributed by atoms with van der Waals surface area (Å²) in [6.45, 7) is 0. The highest BCUT2D eigenvalue weighted by molar-refractivity contribution is 6.31. The fraction of sp³-hybridized carbons (Fsp3) is 0.111. The van der Waals surface area contributed by atoms with Crippen LogP contribution in [-0.2, 0) is 6.42 Å². The summed E-state index contributed by atoms with van der Waals surface area (Å²) in [6.07, 6.45) is 0.296. The van der Waals surface area contributed by atoms with Gasteiger partial charge in [0.2, 0.25) is 0 Å². The molecule has 15 heavy (non-hydrogen) atoms. The van der Waals surface area contributed by atoms with Crippen molar-refractivity contribution >= 4 is 11.6 Å². The Bertz CT molecular complexity index is 535. The van der Waals surface area contributed by atoms with Crippen LogP contribution in [0.15, 0.2) is 27.5 Å². The zero-order valence-corrected chi connectivity index (χ0v) is 8.21. The first-order valence-corrected chi connectivity index (χ1v) is 4.52. The van der Waals surface area contributed by atoms with E-state index in [1.54, 1.807) is 0 Å². The third-order valence-corrected chi connectivity index (χ3v) is 2.21. The molecule has 1 N–H and O–H groups in total. The summed E-state index contributed by atoms with van der Waals surface area (Å²) in [4.78, 5) is 13.0. The molecule has 2 rings (SSSR count). The molecule has 0 aliphatic rings. The predicted octanol–water partition coefficient (Wildman–Crippen LogP) is 1.75. The Kier molecular flexibility index (Phi) is 2.55. The largest absolute Gasteiger partial charge is 0.438 e. The van der Waals surface area contributed by atoms with Crippen LogP contribution in [0.25, 0.3) is 0 Å². The molecule has 1 heterocycles. The summed E-state index contributed by atoms with van der Waals surface area (Å²) in [5, 5.41) is 3.77. The standard InChI is InChI=1S/C9H6ClFN2O2/c10-7-4-6(11)2-1-5(7)3-8-12-9(14)15-13-8/h1-2,4H,3H2,(H,12,13,14). The second-order valence-electron chi connectivity index (χ2n) is 2.95. The molecular formula is C9H6ClFN2O2. The molecule has 0 saturated heterocycles. The maximum atomic E-state index is 12.7. The van der Waals surface area contributed by atoms with Crippen molar-refractivity contribution in [2.75, 3.05) is 0 Å². The Labute approximate surface area is 88.7 Å². The summed E-state index contributed by atoms with van der Waals surface area (Å²) in [5.74, 6) is -0.672. The van der Waals surface area contributed by atoms with Gasteiger partial charge in [-0.3, -0.25) is 9.51 Å². The van der Waals surface area contributed by atoms with Crippen molar-refractivity contribution in [2.24, 2.45) is 0 Å². The second-order valence-corrected chi connectivity index (χ2v) is 3.36. The summed E-state index contributed by atoms with van der Waals surface area (Å²) in [6, 6.07) is 4.03. The Morgan fingerprint density at radius 2 is 2.33 bits per heavy atom. The average molecular weight is 229 g/mol. The normalized spacial score (nSPS) is 10.5. The van der Waals surface area contributed by atoms with Crippen molar-refractivity contribution in [3.05, 3.63) is 51.0 Å². The summed E-state index contributed by atoms with van der Waals surface area (Å²) in [5.41, 5.74) is 0.669. The van der Waals surface area contributed by atoms with Crippen LogP contribution in [0.3, 0.4) is 0 Å². The number of rotatable bonds is 2. The van der Waals surface area contributed by atoms with Gasteiger partial charge >= 0.3 is 5.76 Å². The van der Waals surface area contributed by atoms with E-state index in [0.29, 0.717) is 22.8 Å². The minimum atomic E-state index is -0.622. The van der Waals surface area contributed by atoms with Crippen molar-refractivity contribution in [1.82, 2.24) is 10.1 Å².